The summed E-state index contributed by atoms with van der Waals surface area (Å²) in [6.45, 7) is 0. The normalized spacial score (nSPS) is 50.2. The molecule has 1 heterocycles. The predicted molar refractivity (Wildman–Crippen MR) is 80.8 cm³/mol. The number of nitrogens with one attached hydrogen (secondary N) is 1. The predicted octanol–water partition coefficient (Wildman–Crippen LogP) is 1.72. The van der Waals surface area contributed by atoms with Crippen LogP contribution in [-0.4, -0.2) is 37.2 Å². The summed E-state index contributed by atoms with van der Waals surface area (Å²) in [7, 11) is -3.09. The summed E-state index contributed by atoms with van der Waals surface area (Å²) < 4.78 is 23.3. The topological polar surface area (TPSA) is 63.2 Å². The Bertz CT molecular complexity index is 538. The molecule has 2 atom stereocenters. The molecule has 1 N–H and O–H groups in total. The molecule has 118 valence electrons. The number of hydrogen-bond donors (Lipinski definition) is 1. The van der Waals surface area contributed by atoms with E-state index in [0.29, 0.717) is 17.8 Å². The van der Waals surface area contributed by atoms with Crippen molar-refractivity contribution in [1.82, 2.24) is 5.32 Å². The van der Waals surface area contributed by atoms with Crippen LogP contribution in [0.15, 0.2) is 0 Å². The number of alkyl halides is 1. The van der Waals surface area contributed by atoms with Gasteiger partial charge in [-0.1, -0.05) is 0 Å². The molecule has 5 rings (SSSR count). The molecule has 4 aliphatic carbocycles. The van der Waals surface area contributed by atoms with E-state index >= 15 is 0 Å². The fraction of sp³-hybridized carbons (Fsp3) is 0.933. The lowest BCUT2D eigenvalue weighted by atomic mass is 9.49. The molecular formula is C15H22ClNO3S. The van der Waals surface area contributed by atoms with E-state index in [2.05, 4.69) is 5.32 Å². The zero-order chi connectivity index (χ0) is 14.8. The van der Waals surface area contributed by atoms with Crippen LogP contribution in [0.25, 0.3) is 0 Å². The van der Waals surface area contributed by atoms with Gasteiger partial charge in [0, 0.05) is 5.41 Å². The van der Waals surface area contributed by atoms with Crippen LogP contribution in [0.3, 0.4) is 0 Å². The second kappa shape index (κ2) is 4.60. The molecule has 4 bridgehead atoms. The third-order valence-corrected chi connectivity index (χ3v) is 8.50. The fourth-order valence-electron chi connectivity index (χ4n) is 5.65. The Morgan fingerprint density at radius 3 is 1.95 bits per heavy atom. The highest BCUT2D eigenvalue weighted by Crippen LogP contribution is 2.60. The zero-order valence-electron chi connectivity index (χ0n) is 12.1. The van der Waals surface area contributed by atoms with E-state index in [1.54, 1.807) is 0 Å². The minimum atomic E-state index is -3.09. The molecule has 1 saturated heterocycles. The number of carbonyl (C=O) groups is 1. The van der Waals surface area contributed by atoms with Crippen molar-refractivity contribution in [3.63, 3.8) is 0 Å². The summed E-state index contributed by atoms with van der Waals surface area (Å²) in [5, 5.41) is 2.51. The summed E-state index contributed by atoms with van der Waals surface area (Å²) in [5.74, 6) is 2.19. The van der Waals surface area contributed by atoms with Gasteiger partial charge in [0.2, 0.25) is 5.91 Å². The first-order valence-corrected chi connectivity index (χ1v) is 10.3. The van der Waals surface area contributed by atoms with Gasteiger partial charge >= 0.3 is 0 Å². The molecule has 0 aromatic heterocycles. The van der Waals surface area contributed by atoms with Crippen molar-refractivity contribution in [3.05, 3.63) is 0 Å². The highest BCUT2D eigenvalue weighted by molar-refractivity contribution is 7.91. The van der Waals surface area contributed by atoms with Crippen molar-refractivity contribution in [2.75, 3.05) is 11.5 Å². The van der Waals surface area contributed by atoms with Gasteiger partial charge in [-0.15, -0.1) is 11.6 Å². The SMILES string of the molecule is O=C(NC1CS(=O)(=O)CC1Cl)C12CC3CC(CC(C3)C1)C2. The van der Waals surface area contributed by atoms with Crippen LogP contribution < -0.4 is 5.32 Å². The number of rotatable bonds is 2. The lowest BCUT2D eigenvalue weighted by molar-refractivity contribution is -0.146. The van der Waals surface area contributed by atoms with Crippen LogP contribution in [-0.2, 0) is 14.6 Å². The quantitative estimate of drug-likeness (QED) is 0.784. The first kappa shape index (κ1) is 14.3. The first-order valence-electron chi connectivity index (χ1n) is 8.01. The van der Waals surface area contributed by atoms with E-state index in [0.717, 1.165) is 19.3 Å². The first-order chi connectivity index (χ1) is 9.85. The van der Waals surface area contributed by atoms with Crippen LogP contribution in [0.4, 0.5) is 0 Å². The largest absolute Gasteiger partial charge is 0.350 e. The van der Waals surface area contributed by atoms with Crippen LogP contribution in [0.2, 0.25) is 0 Å². The van der Waals surface area contributed by atoms with Gasteiger partial charge in [-0.3, -0.25) is 4.79 Å². The highest BCUT2D eigenvalue weighted by atomic mass is 35.5. The van der Waals surface area contributed by atoms with E-state index in [1.165, 1.54) is 19.3 Å². The third-order valence-electron chi connectivity index (χ3n) is 6.12. The maximum Gasteiger partial charge on any atom is 0.226 e. The van der Waals surface area contributed by atoms with Gasteiger partial charge in [-0.05, 0) is 56.3 Å². The second-order valence-corrected chi connectivity index (χ2v) is 10.6. The molecule has 2 unspecified atom stereocenters. The van der Waals surface area contributed by atoms with E-state index in [-0.39, 0.29) is 22.8 Å². The Morgan fingerprint density at radius 2 is 1.52 bits per heavy atom. The zero-order valence-corrected chi connectivity index (χ0v) is 13.6. The molecule has 0 aromatic carbocycles. The maximum absolute atomic E-state index is 12.8. The Kier molecular flexibility index (Phi) is 3.14. The number of amides is 1. The van der Waals surface area contributed by atoms with Crippen LogP contribution >= 0.6 is 11.6 Å². The van der Waals surface area contributed by atoms with Gasteiger partial charge in [0.15, 0.2) is 9.84 Å². The van der Waals surface area contributed by atoms with Crippen LogP contribution in [0.5, 0.6) is 0 Å². The van der Waals surface area contributed by atoms with Crippen LogP contribution in [0.1, 0.15) is 38.5 Å². The van der Waals surface area contributed by atoms with E-state index < -0.39 is 21.3 Å². The molecule has 1 amide bonds. The fourth-order valence-corrected chi connectivity index (χ4v) is 8.20. The minimum absolute atomic E-state index is 0.000722. The molecule has 4 saturated carbocycles. The van der Waals surface area contributed by atoms with E-state index in [4.69, 9.17) is 11.6 Å². The number of hydrogen-bond acceptors (Lipinski definition) is 3. The molecule has 0 spiro atoms. The average molecular weight is 332 g/mol. The van der Waals surface area contributed by atoms with Crippen molar-refractivity contribution < 1.29 is 13.2 Å². The third kappa shape index (κ3) is 2.40. The minimum Gasteiger partial charge on any atom is -0.350 e. The summed E-state index contributed by atoms with van der Waals surface area (Å²) in [6, 6.07) is -0.405. The lowest BCUT2D eigenvalue weighted by Crippen LogP contribution is -2.56. The Hall–Kier alpha value is -0.290. The summed E-state index contributed by atoms with van der Waals surface area (Å²) >= 11 is 6.12. The molecule has 6 heteroatoms. The van der Waals surface area contributed by atoms with Crippen molar-refractivity contribution in [3.8, 4) is 0 Å². The molecule has 0 radical (unpaired) electrons. The number of carbonyl (C=O) groups excluding carboxylic acids is 1. The molecule has 0 aromatic rings. The van der Waals surface area contributed by atoms with E-state index in [9.17, 15) is 13.2 Å². The van der Waals surface area contributed by atoms with Gasteiger partial charge in [-0.2, -0.15) is 0 Å². The number of sulfone groups is 1. The van der Waals surface area contributed by atoms with Crippen molar-refractivity contribution >= 4 is 27.3 Å². The Balaban J connectivity index is 1.50. The average Bonchev–Trinajstić information content (AvgIpc) is 2.60. The molecule has 5 fully saturated rings. The van der Waals surface area contributed by atoms with Gasteiger partial charge in [0.05, 0.1) is 22.9 Å². The maximum atomic E-state index is 12.8. The smallest absolute Gasteiger partial charge is 0.226 e. The van der Waals surface area contributed by atoms with Crippen molar-refractivity contribution in [2.45, 2.75) is 49.9 Å². The summed E-state index contributed by atoms with van der Waals surface area (Å²) in [4.78, 5) is 12.8. The monoisotopic (exact) mass is 331 g/mol. The lowest BCUT2D eigenvalue weighted by Gasteiger charge is -2.55. The highest BCUT2D eigenvalue weighted by Gasteiger charge is 2.55. The molecule has 4 nitrogen and oxygen atoms in total. The van der Waals surface area contributed by atoms with Gasteiger partial charge < -0.3 is 5.32 Å². The molecule has 21 heavy (non-hydrogen) atoms. The van der Waals surface area contributed by atoms with Crippen molar-refractivity contribution in [1.29, 1.82) is 0 Å². The van der Waals surface area contributed by atoms with Gasteiger partial charge in [0.25, 0.3) is 0 Å². The number of halogens is 1. The molecular weight excluding hydrogens is 310 g/mol. The standard InChI is InChI=1S/C15H22ClNO3S/c16-12-7-21(19,20)8-13(12)17-14(18)15-4-9-1-10(5-15)3-11(2-9)6-15/h9-13H,1-8H2,(H,17,18). The van der Waals surface area contributed by atoms with Gasteiger partial charge in [0.1, 0.15) is 0 Å². The van der Waals surface area contributed by atoms with Crippen LogP contribution in [0, 0.1) is 23.2 Å². The molecule has 5 aliphatic rings. The van der Waals surface area contributed by atoms with Gasteiger partial charge in [-0.25, -0.2) is 8.42 Å². The van der Waals surface area contributed by atoms with Crippen molar-refractivity contribution in [2.24, 2.45) is 23.2 Å². The Morgan fingerprint density at radius 1 is 1.00 bits per heavy atom. The van der Waals surface area contributed by atoms with E-state index in [1.807, 2.05) is 0 Å². The summed E-state index contributed by atoms with van der Waals surface area (Å²) in [5.41, 5.74) is -0.224. The summed E-state index contributed by atoms with van der Waals surface area (Å²) in [6.07, 6.45) is 6.87. The second-order valence-electron chi connectivity index (χ2n) is 7.87. The Labute approximate surface area is 130 Å². The molecule has 1 aliphatic heterocycles.